The van der Waals surface area contributed by atoms with Gasteiger partial charge in [0.2, 0.25) is 59.1 Å². The second kappa shape index (κ2) is 51.7. The average molecular weight is 1620 g/mol. The Labute approximate surface area is 602 Å². The summed E-state index contributed by atoms with van der Waals surface area (Å²) in [5.74, 6) is -15.2. The fourth-order valence-corrected chi connectivity index (χ4v) is 10.7. The van der Waals surface area contributed by atoms with Gasteiger partial charge in [-0.25, -0.2) is 27.6 Å². The molecule has 0 fully saturated rings. The van der Waals surface area contributed by atoms with Crippen LogP contribution in [0.15, 0.2) is 0 Å². The van der Waals surface area contributed by atoms with Crippen LogP contribution in [-0.2, 0) is 98.2 Å². The van der Waals surface area contributed by atoms with Gasteiger partial charge in [0.15, 0.2) is 0 Å². The van der Waals surface area contributed by atoms with Gasteiger partial charge in [-0.1, -0.05) is 0 Å². The van der Waals surface area contributed by atoms with E-state index in [4.69, 9.17) is 49.9 Å². The quantitative estimate of drug-likeness (QED) is 0.0199. The molecule has 11 atom stereocenters. The SMILES string of the molecule is NCCCC[C@H](NC(=O)[C@H](CCCCN)NC(=O)[C@H](COP(=O)(O)O)NC(=O)[C@H](CCCCN)NC(=O)[C@H](COP(=O)(O)O)NC(=O)[C@H](CCCCN)NC(=O)[C@H](COP(=O)(O)O)NC(=O)[C@H](CCCCN)NC(=O)[C@H](COP(=O)(O)O)NC(=O)[C@H](CCCCN)NC(=O)[C@@H](N)COP(=O)(O)O)C(=O)O. The van der Waals surface area contributed by atoms with Crippen LogP contribution in [0.4, 0.5) is 0 Å². The minimum Gasteiger partial charge on any atom is -0.480 e. The molecule has 54 heteroatoms. The number of aliphatic carboxylic acids is 1. The topological polar surface area (TPSA) is 844 Å². The van der Waals surface area contributed by atoms with Crippen LogP contribution in [0.1, 0.15) is 116 Å². The monoisotopic (exact) mass is 1620 g/mol. The van der Waals surface area contributed by atoms with Gasteiger partial charge >= 0.3 is 45.1 Å². The number of rotatable bonds is 60. The molecule has 0 radical (unpaired) electrons. The molecule has 0 aromatic rings. The molecule has 105 heavy (non-hydrogen) atoms. The fraction of sp³-hybridized carbons (Fsp3) is 0.784. The fourth-order valence-electron chi connectivity index (χ4n) is 8.96. The molecule has 0 aliphatic heterocycles. The number of nitrogens with one attached hydrogen (secondary N) is 10. The Bertz CT molecular complexity index is 3000. The number of unbranched alkanes of at least 4 members (excludes halogenated alkanes) is 6. The van der Waals surface area contributed by atoms with E-state index in [0.717, 1.165) is 0 Å². The third-order valence-electron chi connectivity index (χ3n) is 14.4. The molecule has 0 saturated carbocycles. The summed E-state index contributed by atoms with van der Waals surface area (Å²) in [5.41, 5.74) is 39.4. The van der Waals surface area contributed by atoms with Crippen molar-refractivity contribution in [3.05, 3.63) is 0 Å². The highest BCUT2D eigenvalue weighted by Gasteiger charge is 2.39. The highest BCUT2D eigenvalue weighted by atomic mass is 31.2. The van der Waals surface area contributed by atoms with E-state index in [1.54, 1.807) is 0 Å². The van der Waals surface area contributed by atoms with E-state index in [2.05, 4.69) is 75.8 Å². The molecule has 35 N–H and O–H groups in total. The number of nitrogens with two attached hydrogens (primary N) is 7. The molecule has 10 amide bonds. The second-order valence-electron chi connectivity index (χ2n) is 23.2. The number of carbonyl (C=O) groups excluding carboxylic acids is 10. The van der Waals surface area contributed by atoms with E-state index >= 15 is 0 Å². The maximum atomic E-state index is 14.4. The molecule has 0 bridgehead atoms. The lowest BCUT2D eigenvalue weighted by Gasteiger charge is -2.28. The third-order valence-corrected chi connectivity index (χ3v) is 16.8. The molecular weight excluding hydrogens is 1520 g/mol. The van der Waals surface area contributed by atoms with E-state index in [0.29, 0.717) is 6.42 Å². The van der Waals surface area contributed by atoms with Crippen molar-refractivity contribution >= 4 is 104 Å². The average Bonchev–Trinajstić information content (AvgIpc) is 0.856. The highest BCUT2D eigenvalue weighted by Crippen LogP contribution is 2.38. The molecule has 0 saturated heterocycles. The van der Waals surface area contributed by atoms with Gasteiger partial charge in [0.1, 0.15) is 66.5 Å². The molecular formula is C51H104N17O32P5. The Kier molecular flexibility index (Phi) is 49.0. The van der Waals surface area contributed by atoms with Crippen molar-refractivity contribution in [3.8, 4) is 0 Å². The predicted molar refractivity (Wildman–Crippen MR) is 362 cm³/mol. The van der Waals surface area contributed by atoms with Gasteiger partial charge in [0.05, 0.1) is 33.0 Å². The van der Waals surface area contributed by atoms with Crippen molar-refractivity contribution in [1.82, 2.24) is 53.2 Å². The van der Waals surface area contributed by atoms with Crippen molar-refractivity contribution in [3.63, 3.8) is 0 Å². The molecule has 0 spiro atoms. The largest absolute Gasteiger partial charge is 0.480 e. The van der Waals surface area contributed by atoms with Crippen molar-refractivity contribution in [1.29, 1.82) is 0 Å². The minimum absolute atomic E-state index is 0.0322. The first-order valence-electron chi connectivity index (χ1n) is 32.6. The lowest BCUT2D eigenvalue weighted by Crippen LogP contribution is -2.62. The number of amides is 10. The van der Waals surface area contributed by atoms with E-state index in [9.17, 15) is 120 Å². The molecule has 0 unspecified atom stereocenters. The summed E-state index contributed by atoms with van der Waals surface area (Å²) in [6, 6.07) is -21.4. The van der Waals surface area contributed by atoms with Gasteiger partial charge in [0, 0.05) is 0 Å². The molecule has 0 rings (SSSR count). The van der Waals surface area contributed by atoms with Gasteiger partial charge < -0.3 is 147 Å². The van der Waals surface area contributed by atoms with Crippen molar-refractivity contribution < 1.29 is 152 Å². The van der Waals surface area contributed by atoms with Crippen molar-refractivity contribution in [2.75, 3.05) is 72.3 Å². The molecule has 49 nitrogen and oxygen atoms in total. The van der Waals surface area contributed by atoms with Gasteiger partial charge in [-0.15, -0.1) is 0 Å². The van der Waals surface area contributed by atoms with E-state index < -0.39 is 223 Å². The second-order valence-corrected chi connectivity index (χ2v) is 29.4. The van der Waals surface area contributed by atoms with Crippen LogP contribution < -0.4 is 93.3 Å². The first-order chi connectivity index (χ1) is 48.8. The van der Waals surface area contributed by atoms with E-state index in [1.807, 2.05) is 0 Å². The van der Waals surface area contributed by atoms with Crippen LogP contribution in [0.25, 0.3) is 0 Å². The molecule has 0 aromatic carbocycles. The molecule has 0 aromatic heterocycles. The predicted octanol–water partition coefficient (Wildman–Crippen LogP) is -9.43. The normalized spacial score (nSPS) is 15.3. The lowest BCUT2D eigenvalue weighted by molar-refractivity contribution is -0.142. The van der Waals surface area contributed by atoms with Crippen LogP contribution >= 0.6 is 39.1 Å². The number of carbonyl (C=O) groups is 11. The van der Waals surface area contributed by atoms with Gasteiger partial charge in [-0.3, -0.25) is 70.6 Å². The van der Waals surface area contributed by atoms with Crippen LogP contribution in [0.2, 0.25) is 0 Å². The summed E-state index contributed by atoms with van der Waals surface area (Å²) in [4.78, 5) is 248. The number of phosphoric ester groups is 5. The maximum absolute atomic E-state index is 14.4. The van der Waals surface area contributed by atoms with Crippen molar-refractivity contribution in [2.45, 2.75) is 182 Å². The Hall–Kier alpha value is -5.56. The first-order valence-corrected chi connectivity index (χ1v) is 40.2. The van der Waals surface area contributed by atoms with Crippen LogP contribution in [-0.4, -0.2) is 258 Å². The summed E-state index contributed by atoms with van der Waals surface area (Å²) in [6.07, 6.45) is -0.531. The number of hydrogen-bond donors (Lipinski definition) is 28. The van der Waals surface area contributed by atoms with E-state index in [1.165, 1.54) is 0 Å². The Morgan fingerprint density at radius 1 is 0.248 bits per heavy atom. The zero-order chi connectivity index (χ0) is 80.3. The summed E-state index contributed by atoms with van der Waals surface area (Å²) in [6.45, 7) is -6.53. The zero-order valence-electron chi connectivity index (χ0n) is 57.1. The standard InChI is InChI=1S/C51H104N17O32P5/c52-19-7-1-13-31(59-41(69)30(58)25-96-101(81,82)83)43(71)65-37(26-97-102(84,85)86)48(76)61-33(15-3-9-21-54)45(73)67-39(28-99-104(90,91)92)50(78)63-35(17-5-11-23-56)46(74)68-40(29-100-105(93,94)95)49(77)62-34(16-4-10-22-55)44(72)66-38(27-98-103(87,88)89)47(75)60-32(14-2-8-20-53)42(70)64-36(51(79)80)18-6-12-24-57/h30-40H,1-29,52-58H2,(H,59,69)(H,60,75)(H,61,76)(H,62,77)(H,63,78)(H,64,70)(H,65,71)(H,66,72)(H,67,73)(H,68,74)(H,79,80)(H2,81,82,83)(H2,84,85,86)(H2,87,88,89)(H2,90,91,92)(H2,93,94,95)/t30-,31-,32-,33-,34-,35-,36-,37-,38-,39-,40-/m0/s1. The van der Waals surface area contributed by atoms with Crippen molar-refractivity contribution in [2.24, 2.45) is 40.1 Å². The van der Waals surface area contributed by atoms with Gasteiger partial charge in [-0.05, 0) is 155 Å². The van der Waals surface area contributed by atoms with Crippen LogP contribution in [0.3, 0.4) is 0 Å². The molecule has 610 valence electrons. The maximum Gasteiger partial charge on any atom is 0.469 e. The smallest absolute Gasteiger partial charge is 0.469 e. The number of carboxylic acid groups (broad SMARTS) is 1. The zero-order valence-corrected chi connectivity index (χ0v) is 61.6. The van der Waals surface area contributed by atoms with Gasteiger partial charge in [0.25, 0.3) is 0 Å². The highest BCUT2D eigenvalue weighted by molar-refractivity contribution is 7.47. The first kappa shape index (κ1) is 99.4. The Balaban J connectivity index is 7.61. The van der Waals surface area contributed by atoms with E-state index in [-0.39, 0.29) is 129 Å². The summed E-state index contributed by atoms with van der Waals surface area (Å²) < 4.78 is 81.7. The van der Waals surface area contributed by atoms with Crippen LogP contribution in [0.5, 0.6) is 0 Å². The summed E-state index contributed by atoms with van der Waals surface area (Å²) >= 11 is 0. The number of hydrogen-bond acceptors (Lipinski definition) is 28. The molecule has 0 aliphatic carbocycles. The molecule has 0 aliphatic rings. The Morgan fingerprint density at radius 2 is 0.400 bits per heavy atom. The minimum atomic E-state index is -5.62. The number of carboxylic acids is 1. The number of phosphoric acid groups is 5. The van der Waals surface area contributed by atoms with Crippen LogP contribution in [0, 0.1) is 0 Å². The van der Waals surface area contributed by atoms with Gasteiger partial charge in [-0.2, -0.15) is 0 Å². The summed E-state index contributed by atoms with van der Waals surface area (Å²) in [7, 11) is -27.4. The summed E-state index contributed by atoms with van der Waals surface area (Å²) in [5, 5.41) is 31.5. The molecule has 0 heterocycles. The lowest BCUT2D eigenvalue weighted by atomic mass is 10.0. The third kappa shape index (κ3) is 47.8. The Morgan fingerprint density at radius 3 is 0.581 bits per heavy atom.